The van der Waals surface area contributed by atoms with Gasteiger partial charge in [-0.1, -0.05) is 0 Å². The van der Waals surface area contributed by atoms with Gasteiger partial charge in [0.2, 0.25) is 0 Å². The van der Waals surface area contributed by atoms with E-state index >= 15 is 0 Å². The summed E-state index contributed by atoms with van der Waals surface area (Å²) in [7, 11) is 2.16. The maximum absolute atomic E-state index is 9.89. The van der Waals surface area contributed by atoms with Crippen LogP contribution in [0.25, 0.3) is 0 Å². The minimum absolute atomic E-state index is 0.353. The number of nitrogens with zero attached hydrogens (tertiary/aromatic N) is 3. The molecule has 0 amide bonds. The first-order valence-corrected chi connectivity index (χ1v) is 6.21. The van der Waals surface area contributed by atoms with E-state index in [0.717, 1.165) is 37.4 Å². The molecule has 0 aromatic carbocycles. The summed E-state index contributed by atoms with van der Waals surface area (Å²) in [6, 6.07) is 0.463. The first kappa shape index (κ1) is 10.3. The molecule has 2 aliphatic rings. The van der Waals surface area contributed by atoms with Crippen molar-refractivity contribution in [1.82, 2.24) is 14.5 Å². The molecule has 0 spiro atoms. The van der Waals surface area contributed by atoms with Crippen molar-refractivity contribution in [2.75, 3.05) is 13.6 Å². The molecular weight excluding hydrogens is 202 g/mol. The minimum atomic E-state index is -0.353. The zero-order chi connectivity index (χ0) is 11.1. The van der Waals surface area contributed by atoms with E-state index in [9.17, 15) is 5.11 Å². The Bertz CT molecular complexity index is 388. The normalized spacial score (nSPS) is 30.6. The Labute approximate surface area is 95.9 Å². The first-order valence-electron chi connectivity index (χ1n) is 6.21. The lowest BCUT2D eigenvalue weighted by atomic mass is 10.1. The highest BCUT2D eigenvalue weighted by Gasteiger charge is 2.28. The molecule has 1 aromatic rings. The molecule has 1 aromatic heterocycles. The van der Waals surface area contributed by atoms with Gasteiger partial charge in [0, 0.05) is 12.7 Å². The molecule has 0 aliphatic carbocycles. The third-order valence-corrected chi connectivity index (χ3v) is 3.86. The van der Waals surface area contributed by atoms with E-state index < -0.39 is 0 Å². The molecule has 88 valence electrons. The van der Waals surface area contributed by atoms with E-state index in [1.165, 1.54) is 12.8 Å². The zero-order valence-electron chi connectivity index (χ0n) is 9.76. The van der Waals surface area contributed by atoms with Gasteiger partial charge in [0.25, 0.3) is 0 Å². The predicted molar refractivity (Wildman–Crippen MR) is 61.0 cm³/mol. The summed E-state index contributed by atoms with van der Waals surface area (Å²) in [5.74, 6) is 0.876. The number of hydrogen-bond donors (Lipinski definition) is 1. The Morgan fingerprint density at radius 1 is 1.31 bits per heavy atom. The van der Waals surface area contributed by atoms with Crippen LogP contribution in [-0.2, 0) is 6.54 Å². The molecule has 1 fully saturated rings. The fraction of sp³-hybridized carbons (Fsp3) is 0.750. The molecule has 4 heteroatoms. The van der Waals surface area contributed by atoms with Gasteiger partial charge in [-0.25, -0.2) is 4.98 Å². The Kier molecular flexibility index (Phi) is 2.48. The highest BCUT2D eigenvalue weighted by molar-refractivity contribution is 5.13. The lowest BCUT2D eigenvalue weighted by Gasteiger charge is -2.18. The van der Waals surface area contributed by atoms with E-state index in [1.54, 1.807) is 0 Å². The van der Waals surface area contributed by atoms with Crippen LogP contribution in [0.5, 0.6) is 0 Å². The molecule has 2 aliphatic heterocycles. The fourth-order valence-corrected chi connectivity index (χ4v) is 2.92. The molecule has 1 N–H and O–H groups in total. The first-order chi connectivity index (χ1) is 7.75. The smallest absolute Gasteiger partial charge is 0.138 e. The number of likely N-dealkylation sites (tertiary alicyclic amines) is 1. The third kappa shape index (κ3) is 1.57. The molecule has 4 nitrogen and oxygen atoms in total. The van der Waals surface area contributed by atoms with Crippen LogP contribution in [0.4, 0.5) is 0 Å². The van der Waals surface area contributed by atoms with Crippen LogP contribution >= 0.6 is 0 Å². The van der Waals surface area contributed by atoms with Gasteiger partial charge in [0.05, 0.1) is 11.7 Å². The van der Waals surface area contributed by atoms with Crippen molar-refractivity contribution in [3.8, 4) is 0 Å². The number of aliphatic hydroxyl groups is 1. The van der Waals surface area contributed by atoms with Gasteiger partial charge in [0.15, 0.2) is 0 Å². The highest BCUT2D eigenvalue weighted by atomic mass is 16.3. The van der Waals surface area contributed by atoms with Gasteiger partial charge in [-0.3, -0.25) is 4.90 Å². The van der Waals surface area contributed by atoms with Crippen molar-refractivity contribution in [2.24, 2.45) is 0 Å². The maximum atomic E-state index is 9.89. The van der Waals surface area contributed by atoms with Crippen molar-refractivity contribution < 1.29 is 5.11 Å². The Hall–Kier alpha value is -0.870. The van der Waals surface area contributed by atoms with Gasteiger partial charge in [-0.05, 0) is 39.3 Å². The zero-order valence-corrected chi connectivity index (χ0v) is 9.76. The van der Waals surface area contributed by atoms with Crippen molar-refractivity contribution in [3.05, 3.63) is 17.7 Å². The molecule has 0 bridgehead atoms. The predicted octanol–water partition coefficient (Wildman–Crippen LogP) is 1.48. The molecule has 2 unspecified atom stereocenters. The van der Waals surface area contributed by atoms with Gasteiger partial charge in [-0.2, -0.15) is 0 Å². The van der Waals surface area contributed by atoms with Crippen LogP contribution in [0.1, 0.15) is 49.3 Å². The van der Waals surface area contributed by atoms with Crippen molar-refractivity contribution in [1.29, 1.82) is 0 Å². The van der Waals surface area contributed by atoms with Gasteiger partial charge < -0.3 is 9.67 Å². The van der Waals surface area contributed by atoms with Crippen molar-refractivity contribution in [2.45, 2.75) is 44.4 Å². The average Bonchev–Trinajstić information content (AvgIpc) is 2.84. The lowest BCUT2D eigenvalue weighted by Crippen LogP contribution is -2.17. The summed E-state index contributed by atoms with van der Waals surface area (Å²) in [6.45, 7) is 2.17. The Morgan fingerprint density at radius 2 is 2.12 bits per heavy atom. The van der Waals surface area contributed by atoms with Crippen LogP contribution in [0.15, 0.2) is 6.20 Å². The molecule has 3 rings (SSSR count). The molecule has 0 radical (unpaired) electrons. The van der Waals surface area contributed by atoms with Crippen LogP contribution < -0.4 is 0 Å². The maximum Gasteiger partial charge on any atom is 0.138 e. The Balaban J connectivity index is 1.91. The monoisotopic (exact) mass is 221 g/mol. The quantitative estimate of drug-likeness (QED) is 0.781. The van der Waals surface area contributed by atoms with Gasteiger partial charge in [0.1, 0.15) is 11.9 Å². The molecule has 0 saturated carbocycles. The number of aryl methyl sites for hydroxylation is 1. The second kappa shape index (κ2) is 3.86. The molecule has 1 saturated heterocycles. The summed E-state index contributed by atoms with van der Waals surface area (Å²) < 4.78 is 2.13. The summed E-state index contributed by atoms with van der Waals surface area (Å²) in [5, 5.41) is 9.89. The van der Waals surface area contributed by atoms with Crippen molar-refractivity contribution in [3.63, 3.8) is 0 Å². The van der Waals surface area contributed by atoms with Gasteiger partial charge >= 0.3 is 0 Å². The number of aromatic nitrogens is 2. The number of fused-ring (bicyclic) bond motifs is 1. The van der Waals surface area contributed by atoms with Crippen LogP contribution in [0.2, 0.25) is 0 Å². The SMILES string of the molecule is CN1CCCC1c1cn2c(n1)C(O)CCC2. The van der Waals surface area contributed by atoms with E-state index in [1.807, 2.05) is 0 Å². The second-order valence-corrected chi connectivity index (χ2v) is 5.01. The average molecular weight is 221 g/mol. The lowest BCUT2D eigenvalue weighted by molar-refractivity contribution is 0.133. The number of hydrogen-bond acceptors (Lipinski definition) is 3. The van der Waals surface area contributed by atoms with E-state index in [2.05, 4.69) is 27.7 Å². The summed E-state index contributed by atoms with van der Waals surface area (Å²) >= 11 is 0. The van der Waals surface area contributed by atoms with Crippen LogP contribution in [0, 0.1) is 0 Å². The molecular formula is C12H19N3O. The molecule has 16 heavy (non-hydrogen) atoms. The third-order valence-electron chi connectivity index (χ3n) is 3.86. The number of aliphatic hydroxyl groups excluding tert-OH is 1. The topological polar surface area (TPSA) is 41.3 Å². The highest BCUT2D eigenvalue weighted by Crippen LogP contribution is 2.32. The summed E-state index contributed by atoms with van der Waals surface area (Å²) in [6.07, 6.45) is 6.16. The van der Waals surface area contributed by atoms with Gasteiger partial charge in [-0.15, -0.1) is 0 Å². The largest absolute Gasteiger partial charge is 0.385 e. The number of imidazole rings is 1. The van der Waals surface area contributed by atoms with E-state index in [4.69, 9.17) is 0 Å². The molecule has 2 atom stereocenters. The summed E-state index contributed by atoms with van der Waals surface area (Å²) in [5.41, 5.74) is 1.15. The van der Waals surface area contributed by atoms with E-state index in [0.29, 0.717) is 6.04 Å². The standard InChI is InChI=1S/C12H19N3O/c1-14-6-2-4-10(14)9-8-15-7-3-5-11(16)12(15)13-9/h8,10-11,16H,2-7H2,1H3. The summed E-state index contributed by atoms with van der Waals surface area (Å²) in [4.78, 5) is 7.00. The van der Waals surface area contributed by atoms with E-state index in [-0.39, 0.29) is 6.10 Å². The number of rotatable bonds is 1. The Morgan fingerprint density at radius 3 is 2.81 bits per heavy atom. The molecule has 3 heterocycles. The van der Waals surface area contributed by atoms with Crippen LogP contribution in [-0.4, -0.2) is 33.1 Å². The fourth-order valence-electron chi connectivity index (χ4n) is 2.92. The van der Waals surface area contributed by atoms with Crippen LogP contribution in [0.3, 0.4) is 0 Å². The second-order valence-electron chi connectivity index (χ2n) is 5.01. The van der Waals surface area contributed by atoms with Crippen molar-refractivity contribution >= 4 is 0 Å². The minimum Gasteiger partial charge on any atom is -0.385 e.